The van der Waals surface area contributed by atoms with Crippen molar-refractivity contribution in [2.45, 2.75) is 44.6 Å². The molecule has 34 heavy (non-hydrogen) atoms. The number of pyridine rings is 1. The third-order valence-electron chi connectivity index (χ3n) is 6.34. The van der Waals surface area contributed by atoms with Crippen LogP contribution >= 0.6 is 0 Å². The van der Waals surface area contributed by atoms with Crippen LogP contribution in [0.5, 0.6) is 0 Å². The molecule has 2 fully saturated rings. The van der Waals surface area contributed by atoms with Crippen LogP contribution in [0.4, 0.5) is 5.95 Å². The summed E-state index contributed by atoms with van der Waals surface area (Å²) in [6.45, 7) is 0.339. The predicted octanol–water partition coefficient (Wildman–Crippen LogP) is 1.63. The van der Waals surface area contributed by atoms with Crippen LogP contribution < -0.4 is 10.7 Å². The fourth-order valence-corrected chi connectivity index (χ4v) is 4.68. The zero-order valence-electron chi connectivity index (χ0n) is 18.8. The molecule has 0 unspecified atom stereocenters. The number of anilines is 1. The Morgan fingerprint density at radius 2 is 2.00 bits per heavy atom. The summed E-state index contributed by atoms with van der Waals surface area (Å²) in [5.41, 5.74) is 4.21. The fraction of sp³-hybridized carbons (Fsp3) is 0.478. The zero-order valence-corrected chi connectivity index (χ0v) is 18.8. The van der Waals surface area contributed by atoms with E-state index in [1.54, 1.807) is 18.3 Å². The molecule has 3 heterocycles. The van der Waals surface area contributed by atoms with Crippen LogP contribution in [-0.4, -0.2) is 67.6 Å². The highest BCUT2D eigenvalue weighted by molar-refractivity contribution is 5.96. The standard InChI is InChI=1S/C23H29N7O4/c31-15-29(34)14-17(13-16-5-1-2-6-16)22(33)30-20(9-12-26-30)21(32)28-23-25-11-8-19(27-23)18-7-3-4-10-24-18/h3-4,7-8,10-11,15-17,20,26,34H,1-2,5-6,9,12-14H2,(H,25,27,28,32)/t17-,20+/m1/s1. The van der Waals surface area contributed by atoms with E-state index in [1.807, 2.05) is 12.1 Å². The Morgan fingerprint density at radius 3 is 2.74 bits per heavy atom. The Hall–Kier alpha value is -3.44. The number of hydrogen-bond donors (Lipinski definition) is 3. The number of rotatable bonds is 9. The molecule has 1 aliphatic carbocycles. The molecule has 0 radical (unpaired) electrons. The summed E-state index contributed by atoms with van der Waals surface area (Å²) in [6.07, 6.45) is 8.76. The topological polar surface area (TPSA) is 141 Å². The summed E-state index contributed by atoms with van der Waals surface area (Å²) < 4.78 is 0. The summed E-state index contributed by atoms with van der Waals surface area (Å²) in [5, 5.41) is 14.3. The number of hydrazine groups is 1. The van der Waals surface area contributed by atoms with Crippen LogP contribution in [0.3, 0.4) is 0 Å². The second-order valence-corrected chi connectivity index (χ2v) is 8.70. The molecule has 180 valence electrons. The van der Waals surface area contributed by atoms with E-state index >= 15 is 0 Å². The third-order valence-corrected chi connectivity index (χ3v) is 6.34. The lowest BCUT2D eigenvalue weighted by molar-refractivity contribution is -0.159. The highest BCUT2D eigenvalue weighted by Gasteiger charge is 2.39. The van der Waals surface area contributed by atoms with E-state index < -0.39 is 17.9 Å². The fourth-order valence-electron chi connectivity index (χ4n) is 4.68. The molecule has 0 bridgehead atoms. The van der Waals surface area contributed by atoms with Gasteiger partial charge in [0.15, 0.2) is 0 Å². The van der Waals surface area contributed by atoms with Gasteiger partial charge in [0, 0.05) is 18.9 Å². The number of hydroxylamine groups is 2. The van der Waals surface area contributed by atoms with Crippen molar-refractivity contribution in [3.05, 3.63) is 36.7 Å². The summed E-state index contributed by atoms with van der Waals surface area (Å²) in [4.78, 5) is 50.2. The second-order valence-electron chi connectivity index (χ2n) is 8.70. The first-order valence-corrected chi connectivity index (χ1v) is 11.6. The lowest BCUT2D eigenvalue weighted by Crippen LogP contribution is -2.51. The lowest BCUT2D eigenvalue weighted by atomic mass is 9.92. The van der Waals surface area contributed by atoms with Crippen LogP contribution in [0.2, 0.25) is 0 Å². The highest BCUT2D eigenvalue weighted by atomic mass is 16.5. The summed E-state index contributed by atoms with van der Waals surface area (Å²) in [5.74, 6) is -0.840. The number of carbonyl (C=O) groups is 3. The average molecular weight is 468 g/mol. The van der Waals surface area contributed by atoms with E-state index in [9.17, 15) is 19.6 Å². The number of aromatic nitrogens is 3. The number of carbonyl (C=O) groups excluding carboxylic acids is 3. The zero-order chi connectivity index (χ0) is 23.9. The molecule has 4 rings (SSSR count). The average Bonchev–Trinajstić information content (AvgIpc) is 3.56. The van der Waals surface area contributed by atoms with Gasteiger partial charge in [0.25, 0.3) is 5.91 Å². The molecule has 2 atom stereocenters. The van der Waals surface area contributed by atoms with Gasteiger partial charge in [-0.3, -0.25) is 34.9 Å². The van der Waals surface area contributed by atoms with Crippen molar-refractivity contribution in [2.75, 3.05) is 18.4 Å². The van der Waals surface area contributed by atoms with Crippen molar-refractivity contribution in [3.8, 4) is 11.4 Å². The Bertz CT molecular complexity index is 1000. The largest absolute Gasteiger partial charge is 0.293 e. The van der Waals surface area contributed by atoms with Gasteiger partial charge in [0.2, 0.25) is 18.3 Å². The van der Waals surface area contributed by atoms with Gasteiger partial charge in [0.1, 0.15) is 6.04 Å². The number of hydrogen-bond acceptors (Lipinski definition) is 8. The summed E-state index contributed by atoms with van der Waals surface area (Å²) in [6, 6.07) is 6.40. The van der Waals surface area contributed by atoms with Gasteiger partial charge in [-0.25, -0.2) is 20.5 Å². The van der Waals surface area contributed by atoms with E-state index in [1.165, 1.54) is 11.2 Å². The summed E-state index contributed by atoms with van der Waals surface area (Å²) in [7, 11) is 0. The first-order chi connectivity index (χ1) is 16.5. The molecule has 2 aliphatic rings. The first-order valence-electron chi connectivity index (χ1n) is 11.6. The maximum Gasteiger partial charge on any atom is 0.251 e. The molecule has 0 aromatic carbocycles. The molecule has 3 amide bonds. The molecule has 3 N–H and O–H groups in total. The van der Waals surface area contributed by atoms with Gasteiger partial charge in [-0.05, 0) is 37.0 Å². The van der Waals surface area contributed by atoms with Gasteiger partial charge < -0.3 is 0 Å². The third kappa shape index (κ3) is 5.72. The minimum atomic E-state index is -0.760. The Balaban J connectivity index is 1.45. The molecular weight excluding hydrogens is 438 g/mol. The van der Waals surface area contributed by atoms with Crippen molar-refractivity contribution in [3.63, 3.8) is 0 Å². The van der Waals surface area contributed by atoms with E-state index in [4.69, 9.17) is 0 Å². The molecule has 1 aliphatic heterocycles. The minimum Gasteiger partial charge on any atom is -0.293 e. The highest BCUT2D eigenvalue weighted by Crippen LogP contribution is 2.31. The van der Waals surface area contributed by atoms with Crippen LogP contribution in [0, 0.1) is 11.8 Å². The molecular formula is C23H29N7O4. The van der Waals surface area contributed by atoms with Gasteiger partial charge in [-0.15, -0.1) is 0 Å². The smallest absolute Gasteiger partial charge is 0.251 e. The van der Waals surface area contributed by atoms with Crippen LogP contribution in [0.15, 0.2) is 36.7 Å². The molecule has 11 nitrogen and oxygen atoms in total. The van der Waals surface area contributed by atoms with Crippen molar-refractivity contribution < 1.29 is 19.6 Å². The van der Waals surface area contributed by atoms with Gasteiger partial charge in [0.05, 0.1) is 23.9 Å². The monoisotopic (exact) mass is 467 g/mol. The van der Waals surface area contributed by atoms with Crippen LogP contribution in [-0.2, 0) is 14.4 Å². The maximum atomic E-state index is 13.4. The van der Waals surface area contributed by atoms with Crippen LogP contribution in [0.25, 0.3) is 11.4 Å². The SMILES string of the molecule is O=CN(O)C[C@@H](CC1CCCC1)C(=O)N1NCC[C@H]1C(=O)Nc1nccc(-c2ccccn2)n1. The molecule has 11 heteroatoms. The minimum absolute atomic E-state index is 0.111. The van der Waals surface area contributed by atoms with Crippen molar-refractivity contribution in [1.29, 1.82) is 0 Å². The maximum absolute atomic E-state index is 13.4. The van der Waals surface area contributed by atoms with Crippen molar-refractivity contribution >= 4 is 24.2 Å². The van der Waals surface area contributed by atoms with Crippen LogP contribution in [0.1, 0.15) is 38.5 Å². The summed E-state index contributed by atoms with van der Waals surface area (Å²) >= 11 is 0. The van der Waals surface area contributed by atoms with Crippen molar-refractivity contribution in [2.24, 2.45) is 11.8 Å². The molecule has 0 spiro atoms. The van der Waals surface area contributed by atoms with Gasteiger partial charge >= 0.3 is 0 Å². The van der Waals surface area contributed by atoms with E-state index in [-0.39, 0.29) is 18.4 Å². The van der Waals surface area contributed by atoms with E-state index in [2.05, 4.69) is 25.7 Å². The normalized spacial score (nSPS) is 19.1. The molecule has 1 saturated carbocycles. The predicted molar refractivity (Wildman–Crippen MR) is 122 cm³/mol. The first kappa shape index (κ1) is 23.7. The Kier molecular flexibility index (Phi) is 7.76. The number of nitrogens with zero attached hydrogens (tertiary/aromatic N) is 5. The molecule has 2 aromatic heterocycles. The van der Waals surface area contributed by atoms with E-state index in [0.717, 1.165) is 25.7 Å². The van der Waals surface area contributed by atoms with Gasteiger partial charge in [-0.2, -0.15) is 0 Å². The molecule has 1 saturated heterocycles. The Labute approximate surface area is 197 Å². The molecule has 2 aromatic rings. The number of amides is 3. The van der Waals surface area contributed by atoms with E-state index in [0.29, 0.717) is 48.2 Å². The lowest BCUT2D eigenvalue weighted by Gasteiger charge is -2.29. The second kappa shape index (κ2) is 11.1. The van der Waals surface area contributed by atoms with Gasteiger partial charge in [-0.1, -0.05) is 31.7 Å². The quantitative estimate of drug-likeness (QED) is 0.287. The number of nitrogens with one attached hydrogen (secondary N) is 2. The Morgan fingerprint density at radius 1 is 1.18 bits per heavy atom. The van der Waals surface area contributed by atoms with Crippen molar-refractivity contribution in [1.82, 2.24) is 30.4 Å².